The average Bonchev–Trinajstić information content (AvgIpc) is 2.73. The quantitative estimate of drug-likeness (QED) is 0.669. The smallest absolute Gasteiger partial charge is 0.107 e. The molecule has 0 spiro atoms. The monoisotopic (exact) mass is 209 g/mol. The number of nitrogen functional groups attached to an aromatic ring is 1. The maximum absolute atomic E-state index is 5.86. The van der Waals surface area contributed by atoms with E-state index in [0.717, 1.165) is 22.6 Å². The Labute approximate surface area is 93.2 Å². The summed E-state index contributed by atoms with van der Waals surface area (Å²) in [6, 6.07) is 14.0. The molecule has 0 aliphatic rings. The maximum atomic E-state index is 5.86. The molecule has 3 nitrogen and oxygen atoms in total. The highest BCUT2D eigenvalue weighted by Gasteiger charge is 2.06. The van der Waals surface area contributed by atoms with E-state index in [9.17, 15) is 0 Å². The van der Waals surface area contributed by atoms with Gasteiger partial charge in [-0.1, -0.05) is 30.3 Å². The highest BCUT2D eigenvalue weighted by molar-refractivity contribution is 5.78. The van der Waals surface area contributed by atoms with Crippen LogP contribution in [-0.2, 0) is 0 Å². The van der Waals surface area contributed by atoms with Crippen molar-refractivity contribution in [2.75, 3.05) is 5.73 Å². The van der Waals surface area contributed by atoms with E-state index >= 15 is 0 Å². The van der Waals surface area contributed by atoms with E-state index in [2.05, 4.69) is 4.98 Å². The van der Waals surface area contributed by atoms with Crippen molar-refractivity contribution in [1.29, 1.82) is 0 Å². The number of benzene rings is 1. The van der Waals surface area contributed by atoms with Crippen molar-refractivity contribution in [1.82, 2.24) is 9.38 Å². The third kappa shape index (κ3) is 1.26. The second-order valence-electron chi connectivity index (χ2n) is 3.66. The Kier molecular flexibility index (Phi) is 1.90. The zero-order valence-corrected chi connectivity index (χ0v) is 8.67. The van der Waals surface area contributed by atoms with Crippen LogP contribution in [0.1, 0.15) is 0 Å². The van der Waals surface area contributed by atoms with E-state index < -0.39 is 0 Å². The lowest BCUT2D eigenvalue weighted by Gasteiger charge is -2.04. The number of hydrogen-bond donors (Lipinski definition) is 1. The minimum Gasteiger partial charge on any atom is -0.385 e. The first-order valence-corrected chi connectivity index (χ1v) is 5.13. The number of nitrogens with two attached hydrogens (primary N) is 1. The predicted molar refractivity (Wildman–Crippen MR) is 65.0 cm³/mol. The molecule has 0 aliphatic carbocycles. The van der Waals surface area contributed by atoms with Gasteiger partial charge in [0.25, 0.3) is 0 Å². The van der Waals surface area contributed by atoms with Crippen LogP contribution in [-0.4, -0.2) is 9.38 Å². The van der Waals surface area contributed by atoms with Crippen LogP contribution in [0.25, 0.3) is 16.8 Å². The van der Waals surface area contributed by atoms with Gasteiger partial charge in [-0.15, -0.1) is 0 Å². The summed E-state index contributed by atoms with van der Waals surface area (Å²) in [5.74, 6) is 0.731. The van der Waals surface area contributed by atoms with Gasteiger partial charge >= 0.3 is 0 Å². The first-order chi connectivity index (χ1) is 7.86. The van der Waals surface area contributed by atoms with E-state index in [1.54, 1.807) is 6.20 Å². The zero-order chi connectivity index (χ0) is 11.0. The van der Waals surface area contributed by atoms with Gasteiger partial charge in [-0.3, -0.25) is 4.98 Å². The highest BCUT2D eigenvalue weighted by Crippen LogP contribution is 2.24. The van der Waals surface area contributed by atoms with E-state index in [-0.39, 0.29) is 0 Å². The Balaban J connectivity index is 2.32. The normalized spacial score (nSPS) is 10.8. The van der Waals surface area contributed by atoms with E-state index in [1.165, 1.54) is 0 Å². The number of nitrogens with zero attached hydrogens (tertiary/aromatic N) is 2. The van der Waals surface area contributed by atoms with Gasteiger partial charge in [-0.05, 0) is 12.1 Å². The highest BCUT2D eigenvalue weighted by atomic mass is 15.0. The minimum atomic E-state index is 0.731. The van der Waals surface area contributed by atoms with Crippen molar-refractivity contribution in [2.24, 2.45) is 0 Å². The molecule has 0 aliphatic heterocycles. The van der Waals surface area contributed by atoms with Crippen molar-refractivity contribution < 1.29 is 0 Å². The van der Waals surface area contributed by atoms with Gasteiger partial charge in [0, 0.05) is 18.0 Å². The lowest BCUT2D eigenvalue weighted by molar-refractivity contribution is 1.15. The standard InChI is InChI=1S/C13H11N3/c14-12-7-6-11-13(15-8-9-16(11)12)10-4-2-1-3-5-10/h1-9H,14H2. The first-order valence-electron chi connectivity index (χ1n) is 5.13. The summed E-state index contributed by atoms with van der Waals surface area (Å²) in [7, 11) is 0. The van der Waals surface area contributed by atoms with Crippen molar-refractivity contribution in [3.63, 3.8) is 0 Å². The molecular weight excluding hydrogens is 198 g/mol. The fraction of sp³-hybridized carbons (Fsp3) is 0. The van der Waals surface area contributed by atoms with Gasteiger partial charge in [0.05, 0.1) is 11.2 Å². The van der Waals surface area contributed by atoms with Gasteiger partial charge in [0.2, 0.25) is 0 Å². The SMILES string of the molecule is Nc1ccc2c(-c3ccccc3)nccn12. The van der Waals surface area contributed by atoms with Gasteiger partial charge in [-0.2, -0.15) is 0 Å². The predicted octanol–water partition coefficient (Wildman–Crippen LogP) is 2.58. The molecular formula is C13H11N3. The average molecular weight is 209 g/mol. The second-order valence-corrected chi connectivity index (χ2v) is 3.66. The zero-order valence-electron chi connectivity index (χ0n) is 8.67. The summed E-state index contributed by atoms with van der Waals surface area (Å²) < 4.78 is 1.94. The molecule has 3 rings (SSSR count). The Morgan fingerprint density at radius 3 is 2.62 bits per heavy atom. The largest absolute Gasteiger partial charge is 0.385 e. The summed E-state index contributed by atoms with van der Waals surface area (Å²) in [6.45, 7) is 0. The third-order valence-electron chi connectivity index (χ3n) is 2.66. The Morgan fingerprint density at radius 1 is 1.00 bits per heavy atom. The van der Waals surface area contributed by atoms with Crippen LogP contribution >= 0.6 is 0 Å². The summed E-state index contributed by atoms with van der Waals surface area (Å²) in [5.41, 5.74) is 8.95. The lowest BCUT2D eigenvalue weighted by Crippen LogP contribution is -1.94. The molecule has 2 heterocycles. The van der Waals surface area contributed by atoms with Crippen molar-refractivity contribution in [3.05, 3.63) is 54.9 Å². The topological polar surface area (TPSA) is 43.3 Å². The molecule has 0 radical (unpaired) electrons. The van der Waals surface area contributed by atoms with E-state index in [0.29, 0.717) is 0 Å². The second kappa shape index (κ2) is 3.38. The summed E-state index contributed by atoms with van der Waals surface area (Å²) in [6.07, 6.45) is 3.64. The fourth-order valence-corrected chi connectivity index (χ4v) is 1.88. The van der Waals surface area contributed by atoms with Crippen LogP contribution < -0.4 is 5.73 Å². The lowest BCUT2D eigenvalue weighted by atomic mass is 10.1. The molecule has 2 aromatic heterocycles. The molecule has 3 aromatic rings. The Hall–Kier alpha value is -2.29. The number of hydrogen-bond acceptors (Lipinski definition) is 2. The Morgan fingerprint density at radius 2 is 1.81 bits per heavy atom. The van der Waals surface area contributed by atoms with Gasteiger partial charge < -0.3 is 10.1 Å². The van der Waals surface area contributed by atoms with Crippen LogP contribution in [0.4, 0.5) is 5.82 Å². The van der Waals surface area contributed by atoms with E-state index in [1.807, 2.05) is 53.1 Å². The van der Waals surface area contributed by atoms with Gasteiger partial charge in [0.1, 0.15) is 5.82 Å². The van der Waals surface area contributed by atoms with Crippen molar-refractivity contribution >= 4 is 11.3 Å². The molecule has 0 saturated carbocycles. The van der Waals surface area contributed by atoms with E-state index in [4.69, 9.17) is 5.73 Å². The van der Waals surface area contributed by atoms with Gasteiger partial charge in [0.15, 0.2) is 0 Å². The van der Waals surface area contributed by atoms with Crippen LogP contribution in [0.3, 0.4) is 0 Å². The summed E-state index contributed by atoms with van der Waals surface area (Å²) in [4.78, 5) is 4.41. The minimum absolute atomic E-state index is 0.731. The summed E-state index contributed by atoms with van der Waals surface area (Å²) in [5, 5.41) is 0. The molecule has 0 saturated heterocycles. The van der Waals surface area contributed by atoms with Crippen LogP contribution in [0, 0.1) is 0 Å². The fourth-order valence-electron chi connectivity index (χ4n) is 1.88. The third-order valence-corrected chi connectivity index (χ3v) is 2.66. The maximum Gasteiger partial charge on any atom is 0.107 e. The summed E-state index contributed by atoms with van der Waals surface area (Å²) >= 11 is 0. The van der Waals surface area contributed by atoms with Crippen molar-refractivity contribution in [3.8, 4) is 11.3 Å². The van der Waals surface area contributed by atoms with Gasteiger partial charge in [-0.25, -0.2) is 0 Å². The molecule has 1 aromatic carbocycles. The molecule has 0 unspecified atom stereocenters. The molecule has 2 N–H and O–H groups in total. The molecule has 0 atom stereocenters. The Bertz CT molecular complexity index is 626. The molecule has 0 fully saturated rings. The van der Waals surface area contributed by atoms with Crippen LogP contribution in [0.15, 0.2) is 54.9 Å². The first kappa shape index (κ1) is 8.97. The molecule has 0 bridgehead atoms. The van der Waals surface area contributed by atoms with Crippen LogP contribution in [0.5, 0.6) is 0 Å². The number of anilines is 1. The van der Waals surface area contributed by atoms with Crippen molar-refractivity contribution in [2.45, 2.75) is 0 Å². The van der Waals surface area contributed by atoms with Crippen LogP contribution in [0.2, 0.25) is 0 Å². The number of rotatable bonds is 1. The number of fused-ring (bicyclic) bond motifs is 1. The molecule has 3 heteroatoms. The molecule has 0 amide bonds. The molecule has 78 valence electrons. The number of aromatic nitrogens is 2. The molecule has 16 heavy (non-hydrogen) atoms.